The average Bonchev–Trinajstić information content (AvgIpc) is 2.72. The topological polar surface area (TPSA) is 46.3 Å². The highest BCUT2D eigenvalue weighted by Crippen LogP contribution is 2.37. The van der Waals surface area contributed by atoms with E-state index in [9.17, 15) is 4.79 Å². The first-order valence-corrected chi connectivity index (χ1v) is 6.13. The normalized spacial score (nSPS) is 20.4. The molecule has 1 aliphatic heterocycles. The number of nitrogens with two attached hydrogens (primary N) is 1. The summed E-state index contributed by atoms with van der Waals surface area (Å²) in [5.74, 6) is 0.140. The highest BCUT2D eigenvalue weighted by atomic mass is 35.5. The van der Waals surface area contributed by atoms with E-state index in [2.05, 4.69) is 13.8 Å². The van der Waals surface area contributed by atoms with Crippen LogP contribution in [0.25, 0.3) is 0 Å². The molecule has 16 heavy (non-hydrogen) atoms. The van der Waals surface area contributed by atoms with Gasteiger partial charge in [-0.25, -0.2) is 0 Å². The summed E-state index contributed by atoms with van der Waals surface area (Å²) in [4.78, 5) is 13.9. The molecule has 4 heteroatoms. The largest absolute Gasteiger partial charge is 0.341 e. The van der Waals surface area contributed by atoms with Crippen LogP contribution in [0.1, 0.15) is 46.5 Å². The predicted octanol–water partition coefficient (Wildman–Crippen LogP) is 2.18. The summed E-state index contributed by atoms with van der Waals surface area (Å²) in [5.41, 5.74) is 6.14. The van der Waals surface area contributed by atoms with Gasteiger partial charge in [-0.1, -0.05) is 20.8 Å². The molecule has 3 nitrogen and oxygen atoms in total. The molecular formula is C12H25ClN2O. The second-order valence-electron chi connectivity index (χ2n) is 4.73. The van der Waals surface area contributed by atoms with Gasteiger partial charge >= 0.3 is 0 Å². The lowest BCUT2D eigenvalue weighted by Crippen LogP contribution is -2.43. The quantitative estimate of drug-likeness (QED) is 0.829. The van der Waals surface area contributed by atoms with E-state index >= 15 is 0 Å². The third kappa shape index (κ3) is 3.11. The summed E-state index contributed by atoms with van der Waals surface area (Å²) < 4.78 is 0. The molecule has 0 saturated carbocycles. The Morgan fingerprint density at radius 2 is 1.94 bits per heavy atom. The lowest BCUT2D eigenvalue weighted by molar-refractivity contribution is -0.132. The Hall–Kier alpha value is -0.280. The van der Waals surface area contributed by atoms with E-state index in [0.717, 1.165) is 38.8 Å². The molecule has 0 aromatic carbocycles. The van der Waals surface area contributed by atoms with E-state index in [4.69, 9.17) is 5.73 Å². The molecule has 1 heterocycles. The molecule has 0 spiro atoms. The molecule has 0 aromatic rings. The van der Waals surface area contributed by atoms with Crippen molar-refractivity contribution in [2.24, 2.45) is 11.1 Å². The molecule has 0 radical (unpaired) electrons. The maximum Gasteiger partial charge on any atom is 0.239 e. The van der Waals surface area contributed by atoms with Crippen LogP contribution in [-0.2, 0) is 4.79 Å². The third-order valence-corrected chi connectivity index (χ3v) is 4.01. The molecule has 96 valence electrons. The van der Waals surface area contributed by atoms with Crippen LogP contribution in [0.5, 0.6) is 0 Å². The Labute approximate surface area is 105 Å². The fraction of sp³-hybridized carbons (Fsp3) is 0.917. The second-order valence-corrected chi connectivity index (χ2v) is 4.73. The van der Waals surface area contributed by atoms with Gasteiger partial charge in [-0.15, -0.1) is 12.4 Å². The Balaban J connectivity index is 0.00000225. The lowest BCUT2D eigenvalue weighted by atomic mass is 9.82. The van der Waals surface area contributed by atoms with Crippen LogP contribution < -0.4 is 5.73 Å². The number of carbonyl (C=O) groups is 1. The number of nitrogens with zero attached hydrogens (tertiary/aromatic N) is 1. The zero-order chi connectivity index (χ0) is 11.5. The van der Waals surface area contributed by atoms with E-state index in [-0.39, 0.29) is 24.4 Å². The van der Waals surface area contributed by atoms with Crippen molar-refractivity contribution >= 4 is 18.3 Å². The summed E-state index contributed by atoms with van der Waals surface area (Å²) in [6.07, 6.45) is 4.20. The molecule has 0 unspecified atom stereocenters. The predicted molar refractivity (Wildman–Crippen MR) is 69.7 cm³/mol. The Morgan fingerprint density at radius 1 is 1.38 bits per heavy atom. The van der Waals surface area contributed by atoms with Crippen molar-refractivity contribution in [3.8, 4) is 0 Å². The Bertz CT molecular complexity index is 229. The third-order valence-electron chi connectivity index (χ3n) is 4.01. The van der Waals surface area contributed by atoms with E-state index in [0.29, 0.717) is 5.41 Å². The number of hydrogen-bond donors (Lipinski definition) is 1. The summed E-state index contributed by atoms with van der Waals surface area (Å²) in [7, 11) is 0. The van der Waals surface area contributed by atoms with Crippen LogP contribution in [0.2, 0.25) is 0 Å². The van der Waals surface area contributed by atoms with Gasteiger partial charge in [0, 0.05) is 13.1 Å². The number of amides is 1. The number of likely N-dealkylation sites (tertiary alicyclic amines) is 1. The minimum absolute atomic E-state index is 0. The summed E-state index contributed by atoms with van der Waals surface area (Å²) in [6.45, 7) is 8.21. The van der Waals surface area contributed by atoms with Gasteiger partial charge in [-0.3, -0.25) is 4.79 Å². The second kappa shape index (κ2) is 6.45. The standard InChI is InChI=1S/C12H24N2O.ClH/c1-4-10(13)11(15)14-8-7-12(5-2,6-3)9-14;/h10H,4-9,13H2,1-3H3;1H/t10-;/m0./s1. The number of halogens is 1. The molecular weight excluding hydrogens is 224 g/mol. The molecule has 1 fully saturated rings. The number of rotatable bonds is 4. The maximum absolute atomic E-state index is 11.9. The van der Waals surface area contributed by atoms with Gasteiger partial charge in [0.1, 0.15) is 0 Å². The molecule has 1 amide bonds. The minimum atomic E-state index is -0.297. The van der Waals surface area contributed by atoms with Gasteiger partial charge in [0.2, 0.25) is 5.91 Å². The van der Waals surface area contributed by atoms with Crippen LogP contribution in [0.3, 0.4) is 0 Å². The molecule has 0 bridgehead atoms. The highest BCUT2D eigenvalue weighted by Gasteiger charge is 2.37. The van der Waals surface area contributed by atoms with Gasteiger partial charge in [-0.2, -0.15) is 0 Å². The first-order valence-electron chi connectivity index (χ1n) is 6.13. The van der Waals surface area contributed by atoms with Crippen LogP contribution >= 0.6 is 12.4 Å². The van der Waals surface area contributed by atoms with E-state index in [1.165, 1.54) is 0 Å². The summed E-state index contributed by atoms with van der Waals surface area (Å²) >= 11 is 0. The van der Waals surface area contributed by atoms with Crippen molar-refractivity contribution in [1.82, 2.24) is 4.90 Å². The number of carbonyl (C=O) groups excluding carboxylic acids is 1. The fourth-order valence-corrected chi connectivity index (χ4v) is 2.36. The van der Waals surface area contributed by atoms with Gasteiger partial charge in [0.25, 0.3) is 0 Å². The van der Waals surface area contributed by atoms with Crippen molar-refractivity contribution in [2.75, 3.05) is 13.1 Å². The molecule has 1 rings (SSSR count). The van der Waals surface area contributed by atoms with E-state index in [1.54, 1.807) is 0 Å². The first kappa shape index (κ1) is 15.7. The zero-order valence-electron chi connectivity index (χ0n) is 10.7. The van der Waals surface area contributed by atoms with Gasteiger partial charge in [0.15, 0.2) is 0 Å². The molecule has 0 aromatic heterocycles. The van der Waals surface area contributed by atoms with Gasteiger partial charge < -0.3 is 10.6 Å². The first-order chi connectivity index (χ1) is 7.08. The smallest absolute Gasteiger partial charge is 0.239 e. The van der Waals surface area contributed by atoms with Crippen molar-refractivity contribution in [3.05, 3.63) is 0 Å². The highest BCUT2D eigenvalue weighted by molar-refractivity contribution is 5.85. The molecule has 1 aliphatic rings. The Kier molecular flexibility index (Phi) is 6.34. The van der Waals surface area contributed by atoms with Crippen molar-refractivity contribution in [2.45, 2.75) is 52.5 Å². The molecule has 0 aliphatic carbocycles. The molecule has 1 saturated heterocycles. The van der Waals surface area contributed by atoms with Crippen LogP contribution in [0.15, 0.2) is 0 Å². The Morgan fingerprint density at radius 3 is 2.31 bits per heavy atom. The summed E-state index contributed by atoms with van der Waals surface area (Å²) in [6, 6.07) is -0.297. The summed E-state index contributed by atoms with van der Waals surface area (Å²) in [5, 5.41) is 0. The van der Waals surface area contributed by atoms with E-state index < -0.39 is 0 Å². The monoisotopic (exact) mass is 248 g/mol. The van der Waals surface area contributed by atoms with Crippen LogP contribution in [0.4, 0.5) is 0 Å². The molecule has 1 atom stereocenters. The van der Waals surface area contributed by atoms with E-state index in [1.807, 2.05) is 11.8 Å². The van der Waals surface area contributed by atoms with Crippen molar-refractivity contribution in [1.29, 1.82) is 0 Å². The maximum atomic E-state index is 11.9. The van der Waals surface area contributed by atoms with Crippen molar-refractivity contribution < 1.29 is 4.79 Å². The van der Waals surface area contributed by atoms with Gasteiger partial charge in [-0.05, 0) is 31.1 Å². The van der Waals surface area contributed by atoms with Crippen molar-refractivity contribution in [3.63, 3.8) is 0 Å². The van der Waals surface area contributed by atoms with Crippen LogP contribution in [-0.4, -0.2) is 29.9 Å². The minimum Gasteiger partial charge on any atom is -0.341 e. The average molecular weight is 249 g/mol. The lowest BCUT2D eigenvalue weighted by Gasteiger charge is -2.27. The molecule has 2 N–H and O–H groups in total. The SMILES string of the molecule is CC[C@H](N)C(=O)N1CCC(CC)(CC)C1.Cl. The number of hydrogen-bond acceptors (Lipinski definition) is 2. The van der Waals surface area contributed by atoms with Gasteiger partial charge in [0.05, 0.1) is 6.04 Å². The fourth-order valence-electron chi connectivity index (χ4n) is 2.36. The van der Waals surface area contributed by atoms with Crippen LogP contribution in [0, 0.1) is 5.41 Å². The zero-order valence-corrected chi connectivity index (χ0v) is 11.5.